The summed E-state index contributed by atoms with van der Waals surface area (Å²) >= 11 is 0. The zero-order valence-electron chi connectivity index (χ0n) is 17.6. The van der Waals surface area contributed by atoms with Crippen molar-refractivity contribution in [2.75, 3.05) is 36.9 Å². The molecular weight excluding hydrogens is 398 g/mol. The van der Waals surface area contributed by atoms with Gasteiger partial charge in [-0.15, -0.1) is 0 Å². The molecule has 2 N–H and O–H groups in total. The molecule has 10 nitrogen and oxygen atoms in total. The molecule has 1 saturated carbocycles. The Labute approximate surface area is 180 Å². The first kappa shape index (κ1) is 19.9. The molecule has 2 aromatic rings. The summed E-state index contributed by atoms with van der Waals surface area (Å²) in [6.07, 6.45) is 6.64. The molecule has 3 fully saturated rings. The Kier molecular flexibility index (Phi) is 5.31. The molecule has 10 heteroatoms. The van der Waals surface area contributed by atoms with Crippen molar-refractivity contribution in [3.8, 4) is 17.1 Å². The number of nitrogen functional groups attached to an aromatic ring is 1. The minimum Gasteiger partial charge on any atom is -0.474 e. The first-order chi connectivity index (χ1) is 15.1. The maximum Gasteiger partial charge on any atom is 0.229 e. The molecule has 1 aliphatic carbocycles. The van der Waals surface area contributed by atoms with Crippen molar-refractivity contribution in [2.45, 2.75) is 50.8 Å². The Bertz CT molecular complexity index is 948. The van der Waals surface area contributed by atoms with E-state index in [1.54, 1.807) is 12.4 Å². The number of likely N-dealkylation sites (tertiary alicyclic amines) is 1. The Morgan fingerprint density at radius 3 is 2.68 bits per heavy atom. The van der Waals surface area contributed by atoms with Gasteiger partial charge in [0, 0.05) is 62.4 Å². The average molecular weight is 425 g/mol. The van der Waals surface area contributed by atoms with Crippen LogP contribution in [0.4, 0.5) is 11.9 Å². The SMILES string of the molecule is C[C@H]1COCCN1c1nc(OC2CC(N3CCCC3=O)C2)cc(-c2cnc(N)nc2)n1. The summed E-state index contributed by atoms with van der Waals surface area (Å²) in [5.41, 5.74) is 7.07. The van der Waals surface area contributed by atoms with Gasteiger partial charge in [-0.05, 0) is 13.3 Å². The summed E-state index contributed by atoms with van der Waals surface area (Å²) in [6, 6.07) is 2.26. The van der Waals surface area contributed by atoms with Crippen molar-refractivity contribution in [3.05, 3.63) is 18.5 Å². The summed E-state index contributed by atoms with van der Waals surface area (Å²) in [5.74, 6) is 1.60. The number of ether oxygens (including phenoxy) is 2. The normalized spacial score (nSPS) is 26.1. The number of nitrogens with two attached hydrogens (primary N) is 1. The lowest BCUT2D eigenvalue weighted by Gasteiger charge is -2.40. The van der Waals surface area contributed by atoms with Crippen molar-refractivity contribution in [3.63, 3.8) is 0 Å². The molecule has 0 bridgehead atoms. The first-order valence-corrected chi connectivity index (χ1v) is 10.8. The van der Waals surface area contributed by atoms with Gasteiger partial charge >= 0.3 is 0 Å². The maximum atomic E-state index is 12.0. The lowest BCUT2D eigenvalue weighted by atomic mass is 9.88. The number of nitrogens with zero attached hydrogens (tertiary/aromatic N) is 6. The van der Waals surface area contributed by atoms with Crippen LogP contribution in [0.1, 0.15) is 32.6 Å². The second-order valence-electron chi connectivity index (χ2n) is 8.39. The van der Waals surface area contributed by atoms with E-state index in [-0.39, 0.29) is 30.0 Å². The molecule has 2 aromatic heterocycles. The summed E-state index contributed by atoms with van der Waals surface area (Å²) in [4.78, 5) is 33.7. The fourth-order valence-corrected chi connectivity index (χ4v) is 4.36. The highest BCUT2D eigenvalue weighted by Crippen LogP contribution is 2.33. The van der Waals surface area contributed by atoms with E-state index in [0.29, 0.717) is 43.7 Å². The molecule has 1 amide bonds. The summed E-state index contributed by atoms with van der Waals surface area (Å²) in [6.45, 7) is 4.93. The van der Waals surface area contributed by atoms with Gasteiger partial charge < -0.3 is 25.0 Å². The predicted octanol–water partition coefficient (Wildman–Crippen LogP) is 1.27. The van der Waals surface area contributed by atoms with Gasteiger partial charge in [0.05, 0.1) is 24.9 Å². The van der Waals surface area contributed by atoms with E-state index in [0.717, 1.165) is 31.4 Å². The molecule has 2 aliphatic heterocycles. The fraction of sp³-hybridized carbons (Fsp3) is 0.571. The van der Waals surface area contributed by atoms with Crippen LogP contribution in [0, 0.1) is 0 Å². The molecule has 0 aromatic carbocycles. The van der Waals surface area contributed by atoms with Gasteiger partial charge in [0.2, 0.25) is 23.7 Å². The van der Waals surface area contributed by atoms with Gasteiger partial charge in [-0.2, -0.15) is 4.98 Å². The Balaban J connectivity index is 1.37. The summed E-state index contributed by atoms with van der Waals surface area (Å²) in [7, 11) is 0. The topological polar surface area (TPSA) is 120 Å². The minimum atomic E-state index is 0.0405. The van der Waals surface area contributed by atoms with Crippen LogP contribution in [-0.4, -0.2) is 75.2 Å². The van der Waals surface area contributed by atoms with Crippen LogP contribution in [0.3, 0.4) is 0 Å². The molecule has 3 aliphatic rings. The molecule has 164 valence electrons. The third-order valence-corrected chi connectivity index (χ3v) is 6.19. The molecule has 5 rings (SSSR count). The molecular formula is C21H27N7O3. The molecule has 0 unspecified atom stereocenters. The van der Waals surface area contributed by atoms with Crippen LogP contribution in [0.15, 0.2) is 18.5 Å². The van der Waals surface area contributed by atoms with Crippen LogP contribution in [-0.2, 0) is 9.53 Å². The van der Waals surface area contributed by atoms with E-state index in [9.17, 15) is 4.79 Å². The summed E-state index contributed by atoms with van der Waals surface area (Å²) in [5, 5.41) is 0. The number of aromatic nitrogens is 4. The molecule has 1 atom stereocenters. The van der Waals surface area contributed by atoms with Crippen LogP contribution < -0.4 is 15.4 Å². The number of carbonyl (C=O) groups is 1. The second-order valence-corrected chi connectivity index (χ2v) is 8.39. The quantitative estimate of drug-likeness (QED) is 0.755. The van der Waals surface area contributed by atoms with Gasteiger partial charge in [-0.3, -0.25) is 4.79 Å². The molecule has 31 heavy (non-hydrogen) atoms. The third kappa shape index (κ3) is 4.12. The van der Waals surface area contributed by atoms with Crippen molar-refractivity contribution >= 4 is 17.8 Å². The highest BCUT2D eigenvalue weighted by Gasteiger charge is 2.39. The van der Waals surface area contributed by atoms with E-state index in [2.05, 4.69) is 21.8 Å². The van der Waals surface area contributed by atoms with E-state index in [1.165, 1.54) is 0 Å². The van der Waals surface area contributed by atoms with Crippen LogP contribution >= 0.6 is 0 Å². The van der Waals surface area contributed by atoms with Crippen LogP contribution in [0.5, 0.6) is 5.88 Å². The van der Waals surface area contributed by atoms with Crippen LogP contribution in [0.25, 0.3) is 11.3 Å². The minimum absolute atomic E-state index is 0.0405. The number of morpholine rings is 1. The van der Waals surface area contributed by atoms with Gasteiger partial charge in [-0.25, -0.2) is 15.0 Å². The highest BCUT2D eigenvalue weighted by molar-refractivity contribution is 5.78. The lowest BCUT2D eigenvalue weighted by Crippen LogP contribution is -2.49. The standard InChI is InChI=1S/C21H27N7O3/c1-13-12-30-6-5-27(13)21-25-17(14-10-23-20(22)24-11-14)9-18(26-21)31-16-7-15(8-16)28-4-2-3-19(28)29/h9-11,13,15-16H,2-8,12H2,1H3,(H2,22,23,24)/t13-,15?,16?/m0/s1. The predicted molar refractivity (Wildman–Crippen MR) is 113 cm³/mol. The van der Waals surface area contributed by atoms with E-state index < -0.39 is 0 Å². The molecule has 0 spiro atoms. The van der Waals surface area contributed by atoms with Crippen molar-refractivity contribution in [2.24, 2.45) is 0 Å². The van der Waals surface area contributed by atoms with E-state index >= 15 is 0 Å². The molecule has 4 heterocycles. The van der Waals surface area contributed by atoms with Crippen molar-refractivity contribution in [1.82, 2.24) is 24.8 Å². The molecule has 2 saturated heterocycles. The number of amides is 1. The van der Waals surface area contributed by atoms with Gasteiger partial charge in [-0.1, -0.05) is 0 Å². The second kappa shape index (κ2) is 8.26. The summed E-state index contributed by atoms with van der Waals surface area (Å²) < 4.78 is 11.8. The zero-order chi connectivity index (χ0) is 21.4. The first-order valence-electron chi connectivity index (χ1n) is 10.8. The van der Waals surface area contributed by atoms with E-state index in [4.69, 9.17) is 25.2 Å². The lowest BCUT2D eigenvalue weighted by molar-refractivity contribution is -0.133. The maximum absolute atomic E-state index is 12.0. The third-order valence-electron chi connectivity index (χ3n) is 6.19. The van der Waals surface area contributed by atoms with E-state index in [1.807, 2.05) is 11.0 Å². The van der Waals surface area contributed by atoms with Gasteiger partial charge in [0.15, 0.2) is 0 Å². The Hall–Kier alpha value is -3.01. The molecule has 0 radical (unpaired) electrons. The van der Waals surface area contributed by atoms with Crippen LogP contribution in [0.2, 0.25) is 0 Å². The number of carbonyl (C=O) groups excluding carboxylic acids is 1. The number of hydrogen-bond acceptors (Lipinski definition) is 9. The van der Waals surface area contributed by atoms with Gasteiger partial charge in [0.25, 0.3) is 0 Å². The van der Waals surface area contributed by atoms with Crippen molar-refractivity contribution < 1.29 is 14.3 Å². The number of anilines is 2. The number of rotatable bonds is 5. The Morgan fingerprint density at radius 2 is 1.97 bits per heavy atom. The highest BCUT2D eigenvalue weighted by atomic mass is 16.5. The van der Waals surface area contributed by atoms with Gasteiger partial charge in [0.1, 0.15) is 6.10 Å². The smallest absolute Gasteiger partial charge is 0.229 e. The zero-order valence-corrected chi connectivity index (χ0v) is 17.6. The largest absolute Gasteiger partial charge is 0.474 e. The fourth-order valence-electron chi connectivity index (χ4n) is 4.36. The average Bonchev–Trinajstić information content (AvgIpc) is 3.16. The van der Waals surface area contributed by atoms with Crippen molar-refractivity contribution in [1.29, 1.82) is 0 Å². The monoisotopic (exact) mass is 425 g/mol. The Morgan fingerprint density at radius 1 is 1.16 bits per heavy atom. The number of hydrogen-bond donors (Lipinski definition) is 1.